The number of nitrogens with zero attached hydrogens (tertiary/aromatic N) is 1. The van der Waals surface area contributed by atoms with E-state index in [-0.39, 0.29) is 0 Å². The smallest absolute Gasteiger partial charge is 0.0456 e. The highest BCUT2D eigenvalue weighted by atomic mass is 15.1. The van der Waals surface area contributed by atoms with Gasteiger partial charge in [-0.15, -0.1) is 0 Å². The Kier molecular flexibility index (Phi) is 3.07. The minimum absolute atomic E-state index is 1.11. The van der Waals surface area contributed by atoms with Gasteiger partial charge in [0.2, 0.25) is 0 Å². The molecule has 0 aliphatic rings. The van der Waals surface area contributed by atoms with Crippen LogP contribution in [0.15, 0.2) is 30.5 Å². The van der Waals surface area contributed by atoms with Gasteiger partial charge in [-0.2, -0.15) is 0 Å². The number of para-hydroxylation sites is 1. The largest absolute Gasteiger partial charge is 0.361 e. The summed E-state index contributed by atoms with van der Waals surface area (Å²) in [5.74, 6) is 0. The van der Waals surface area contributed by atoms with Crippen LogP contribution in [0.1, 0.15) is 12.5 Å². The highest BCUT2D eigenvalue weighted by Gasteiger charge is 2.03. The molecule has 2 aromatic rings. The van der Waals surface area contributed by atoms with Crippen molar-refractivity contribution in [2.24, 2.45) is 0 Å². The fourth-order valence-corrected chi connectivity index (χ4v) is 1.81. The minimum atomic E-state index is 1.11. The van der Waals surface area contributed by atoms with Crippen LogP contribution < -0.4 is 0 Å². The fourth-order valence-electron chi connectivity index (χ4n) is 1.81. The molecule has 0 saturated heterocycles. The number of hydrogen-bond acceptors (Lipinski definition) is 1. The summed E-state index contributed by atoms with van der Waals surface area (Å²) in [5, 5.41) is 1.36. The molecule has 1 heterocycles. The second-order valence-corrected chi connectivity index (χ2v) is 4.01. The molecule has 2 heteroatoms. The Hall–Kier alpha value is -1.28. The van der Waals surface area contributed by atoms with Gasteiger partial charge in [0.1, 0.15) is 0 Å². The highest BCUT2D eigenvalue weighted by Crippen LogP contribution is 2.17. The lowest BCUT2D eigenvalue weighted by molar-refractivity contribution is 0.358. The van der Waals surface area contributed by atoms with Crippen molar-refractivity contribution >= 4 is 10.9 Å². The van der Waals surface area contributed by atoms with E-state index < -0.39 is 0 Å². The number of hydrogen-bond donors (Lipinski definition) is 1. The van der Waals surface area contributed by atoms with E-state index in [9.17, 15) is 0 Å². The van der Waals surface area contributed by atoms with Gasteiger partial charge in [0, 0.05) is 23.6 Å². The molecule has 0 unspecified atom stereocenters. The molecular formula is C13H18N2. The van der Waals surface area contributed by atoms with E-state index in [1.807, 2.05) is 0 Å². The minimum Gasteiger partial charge on any atom is -0.361 e. The van der Waals surface area contributed by atoms with E-state index in [2.05, 4.69) is 54.3 Å². The molecule has 2 nitrogen and oxygen atoms in total. The summed E-state index contributed by atoms with van der Waals surface area (Å²) in [6.07, 6.45) is 3.25. The number of benzene rings is 1. The molecule has 1 aromatic heterocycles. The molecule has 1 aromatic carbocycles. The number of likely N-dealkylation sites (N-methyl/N-ethyl adjacent to an activating group) is 1. The van der Waals surface area contributed by atoms with E-state index in [1.165, 1.54) is 16.5 Å². The molecule has 0 aliphatic carbocycles. The van der Waals surface area contributed by atoms with Crippen LogP contribution in [0.5, 0.6) is 0 Å². The lowest BCUT2D eigenvalue weighted by Crippen LogP contribution is -2.20. The van der Waals surface area contributed by atoms with Gasteiger partial charge in [-0.1, -0.05) is 25.1 Å². The fraction of sp³-hybridized carbons (Fsp3) is 0.385. The predicted molar refractivity (Wildman–Crippen MR) is 65.2 cm³/mol. The Labute approximate surface area is 90.9 Å². The van der Waals surface area contributed by atoms with Crippen LogP contribution in [-0.4, -0.2) is 30.0 Å². The molecule has 0 spiro atoms. The van der Waals surface area contributed by atoms with Crippen molar-refractivity contribution < 1.29 is 0 Å². The standard InChI is InChI=1S/C13H18N2/c1-3-15(2)9-8-11-10-14-13-7-5-4-6-12(11)13/h4-7,10,14H,3,8-9H2,1-2H3. The molecule has 80 valence electrons. The number of aromatic amines is 1. The van der Waals surface area contributed by atoms with Gasteiger partial charge in [-0.25, -0.2) is 0 Å². The Morgan fingerprint density at radius 2 is 2.07 bits per heavy atom. The zero-order valence-corrected chi connectivity index (χ0v) is 9.46. The van der Waals surface area contributed by atoms with Gasteiger partial charge in [0.25, 0.3) is 0 Å². The molecule has 0 aliphatic heterocycles. The van der Waals surface area contributed by atoms with Crippen LogP contribution >= 0.6 is 0 Å². The van der Waals surface area contributed by atoms with E-state index in [0.717, 1.165) is 19.5 Å². The summed E-state index contributed by atoms with van der Waals surface area (Å²) in [6, 6.07) is 8.49. The van der Waals surface area contributed by atoms with E-state index in [4.69, 9.17) is 0 Å². The maximum Gasteiger partial charge on any atom is 0.0456 e. The van der Waals surface area contributed by atoms with Gasteiger partial charge in [-0.3, -0.25) is 0 Å². The van der Waals surface area contributed by atoms with Crippen LogP contribution in [-0.2, 0) is 6.42 Å². The Bertz CT molecular complexity index is 431. The van der Waals surface area contributed by atoms with Crippen molar-refractivity contribution in [1.29, 1.82) is 0 Å². The number of aromatic nitrogens is 1. The molecular weight excluding hydrogens is 184 g/mol. The first-order valence-corrected chi connectivity index (χ1v) is 5.55. The topological polar surface area (TPSA) is 19.0 Å². The van der Waals surface area contributed by atoms with Gasteiger partial charge >= 0.3 is 0 Å². The molecule has 0 amide bonds. The zero-order valence-electron chi connectivity index (χ0n) is 9.46. The Balaban J connectivity index is 2.14. The van der Waals surface area contributed by atoms with Crippen LogP contribution in [0.25, 0.3) is 10.9 Å². The molecule has 0 fully saturated rings. The summed E-state index contributed by atoms with van der Waals surface area (Å²) >= 11 is 0. The van der Waals surface area contributed by atoms with Gasteiger partial charge in [0.15, 0.2) is 0 Å². The van der Waals surface area contributed by atoms with Crippen LogP contribution in [0.4, 0.5) is 0 Å². The van der Waals surface area contributed by atoms with Crippen LogP contribution in [0.3, 0.4) is 0 Å². The third-order valence-electron chi connectivity index (χ3n) is 2.98. The molecule has 0 radical (unpaired) electrons. The summed E-state index contributed by atoms with van der Waals surface area (Å²) in [6.45, 7) is 4.43. The molecule has 2 rings (SSSR count). The maximum absolute atomic E-state index is 3.31. The number of nitrogens with one attached hydrogen (secondary N) is 1. The van der Waals surface area contributed by atoms with E-state index in [0.29, 0.717) is 0 Å². The van der Waals surface area contributed by atoms with Crippen LogP contribution in [0.2, 0.25) is 0 Å². The molecule has 0 atom stereocenters. The molecule has 1 N–H and O–H groups in total. The normalized spacial score (nSPS) is 11.4. The average Bonchev–Trinajstić information content (AvgIpc) is 2.69. The molecule has 0 saturated carbocycles. The summed E-state index contributed by atoms with van der Waals surface area (Å²) in [4.78, 5) is 5.65. The van der Waals surface area contributed by atoms with Crippen molar-refractivity contribution in [1.82, 2.24) is 9.88 Å². The molecule has 15 heavy (non-hydrogen) atoms. The van der Waals surface area contributed by atoms with Crippen LogP contribution in [0, 0.1) is 0 Å². The van der Waals surface area contributed by atoms with E-state index >= 15 is 0 Å². The number of H-pyrrole nitrogens is 1. The first kappa shape index (κ1) is 10.2. The summed E-state index contributed by atoms with van der Waals surface area (Å²) in [5.41, 5.74) is 2.66. The average molecular weight is 202 g/mol. The second kappa shape index (κ2) is 4.49. The number of fused-ring (bicyclic) bond motifs is 1. The lowest BCUT2D eigenvalue weighted by Gasteiger charge is -2.12. The molecule has 0 bridgehead atoms. The Morgan fingerprint density at radius 3 is 2.87 bits per heavy atom. The zero-order chi connectivity index (χ0) is 10.7. The van der Waals surface area contributed by atoms with Gasteiger partial charge in [0.05, 0.1) is 0 Å². The Morgan fingerprint density at radius 1 is 1.27 bits per heavy atom. The summed E-state index contributed by atoms with van der Waals surface area (Å²) in [7, 11) is 2.16. The van der Waals surface area contributed by atoms with Crippen molar-refractivity contribution in [2.45, 2.75) is 13.3 Å². The van der Waals surface area contributed by atoms with Crippen molar-refractivity contribution in [3.05, 3.63) is 36.0 Å². The third kappa shape index (κ3) is 2.21. The monoisotopic (exact) mass is 202 g/mol. The SMILES string of the molecule is CCN(C)CCc1c[nH]c2ccccc12. The van der Waals surface area contributed by atoms with Gasteiger partial charge < -0.3 is 9.88 Å². The van der Waals surface area contributed by atoms with Crippen molar-refractivity contribution in [3.63, 3.8) is 0 Å². The summed E-state index contributed by atoms with van der Waals surface area (Å²) < 4.78 is 0. The van der Waals surface area contributed by atoms with Crippen molar-refractivity contribution in [3.8, 4) is 0 Å². The maximum atomic E-state index is 3.31. The van der Waals surface area contributed by atoms with Crippen molar-refractivity contribution in [2.75, 3.05) is 20.1 Å². The first-order valence-electron chi connectivity index (χ1n) is 5.55. The van der Waals surface area contributed by atoms with Gasteiger partial charge in [-0.05, 0) is 31.6 Å². The quantitative estimate of drug-likeness (QED) is 0.807. The predicted octanol–water partition coefficient (Wildman–Crippen LogP) is 2.66. The third-order valence-corrected chi connectivity index (χ3v) is 2.98. The first-order chi connectivity index (χ1) is 7.31. The van der Waals surface area contributed by atoms with E-state index in [1.54, 1.807) is 0 Å². The highest BCUT2D eigenvalue weighted by molar-refractivity contribution is 5.83. The second-order valence-electron chi connectivity index (χ2n) is 4.01. The lowest BCUT2D eigenvalue weighted by atomic mass is 10.1. The number of rotatable bonds is 4.